The monoisotopic (exact) mass is 505 g/mol. The average molecular weight is 506 g/mol. The lowest BCUT2D eigenvalue weighted by Crippen LogP contribution is -2.29. The topological polar surface area (TPSA) is 66.1 Å². The summed E-state index contributed by atoms with van der Waals surface area (Å²) in [6, 6.07) is 5.05. The Morgan fingerprint density at radius 1 is 1.15 bits per heavy atom. The standard InChI is InChI=1S/C21H17Cl2F4N3O3/c1-3-30-14(10-29-8-7-15(28-29)21(25,26)27)17(24)19(31)16(20(32)33-4-2)18(30)11-5-6-12(22)13(23)9-11/h5-9H,3-4,10H2,1-2H3. The molecule has 0 radical (unpaired) electrons. The lowest BCUT2D eigenvalue weighted by Gasteiger charge is -2.21. The first-order valence-electron chi connectivity index (χ1n) is 9.67. The van der Waals surface area contributed by atoms with Crippen molar-refractivity contribution in [3.63, 3.8) is 0 Å². The van der Waals surface area contributed by atoms with Gasteiger partial charge in [0.25, 0.3) is 0 Å². The quantitative estimate of drug-likeness (QED) is 0.331. The third-order valence-corrected chi connectivity index (χ3v) is 5.48. The summed E-state index contributed by atoms with van der Waals surface area (Å²) in [5.74, 6) is -2.34. The number of carbonyl (C=O) groups excluding carboxylic acids is 1. The van der Waals surface area contributed by atoms with Crippen LogP contribution in [-0.2, 0) is 24.0 Å². The van der Waals surface area contributed by atoms with Gasteiger partial charge in [-0.2, -0.15) is 18.3 Å². The molecule has 0 saturated heterocycles. The van der Waals surface area contributed by atoms with Gasteiger partial charge in [-0.15, -0.1) is 0 Å². The first-order valence-corrected chi connectivity index (χ1v) is 10.4. The van der Waals surface area contributed by atoms with Crippen molar-refractivity contribution < 1.29 is 27.1 Å². The first kappa shape index (κ1) is 24.8. The third-order valence-electron chi connectivity index (χ3n) is 4.74. The highest BCUT2D eigenvalue weighted by Gasteiger charge is 2.34. The Morgan fingerprint density at radius 2 is 1.85 bits per heavy atom. The van der Waals surface area contributed by atoms with E-state index in [0.29, 0.717) is 0 Å². The van der Waals surface area contributed by atoms with Crippen LogP contribution in [0.5, 0.6) is 0 Å². The number of ether oxygens (including phenoxy) is 1. The maximum atomic E-state index is 15.2. The second kappa shape index (κ2) is 9.56. The molecule has 2 aromatic heterocycles. The number of benzene rings is 1. The Morgan fingerprint density at radius 3 is 2.39 bits per heavy atom. The number of rotatable bonds is 6. The normalized spacial score (nSPS) is 11.6. The fraction of sp³-hybridized carbons (Fsp3) is 0.286. The van der Waals surface area contributed by atoms with E-state index in [0.717, 1.165) is 16.9 Å². The van der Waals surface area contributed by atoms with Crippen LogP contribution in [0.15, 0.2) is 35.3 Å². The molecule has 33 heavy (non-hydrogen) atoms. The molecular weight excluding hydrogens is 489 g/mol. The minimum absolute atomic E-state index is 0.000817. The van der Waals surface area contributed by atoms with E-state index in [1.165, 1.54) is 29.7 Å². The van der Waals surface area contributed by atoms with Crippen molar-refractivity contribution in [2.24, 2.45) is 0 Å². The molecular formula is C21H17Cl2F4N3O3. The Bertz CT molecular complexity index is 1270. The SMILES string of the molecule is CCOC(=O)c1c(-c2ccc(Cl)c(Cl)c2)n(CC)c(Cn2ccc(C(F)(F)F)n2)c(F)c1=O. The molecule has 0 bridgehead atoms. The number of hydrogen-bond acceptors (Lipinski definition) is 4. The minimum Gasteiger partial charge on any atom is -0.462 e. The zero-order valence-corrected chi connectivity index (χ0v) is 18.9. The molecule has 0 amide bonds. The van der Waals surface area contributed by atoms with Crippen LogP contribution in [0, 0.1) is 5.82 Å². The van der Waals surface area contributed by atoms with E-state index in [9.17, 15) is 22.8 Å². The van der Waals surface area contributed by atoms with Crippen LogP contribution in [0.25, 0.3) is 11.3 Å². The molecule has 1 aromatic carbocycles. The highest BCUT2D eigenvalue weighted by atomic mass is 35.5. The zero-order chi connectivity index (χ0) is 24.5. The molecule has 0 unspecified atom stereocenters. The second-order valence-corrected chi connectivity index (χ2v) is 7.62. The van der Waals surface area contributed by atoms with E-state index in [1.54, 1.807) is 6.92 Å². The molecule has 3 rings (SSSR count). The predicted molar refractivity (Wildman–Crippen MR) is 114 cm³/mol. The van der Waals surface area contributed by atoms with Crippen LogP contribution in [0.4, 0.5) is 17.6 Å². The summed E-state index contributed by atoms with van der Waals surface area (Å²) in [6.45, 7) is 2.63. The number of aromatic nitrogens is 3. The van der Waals surface area contributed by atoms with Gasteiger partial charge in [0.2, 0.25) is 5.43 Å². The lowest BCUT2D eigenvalue weighted by atomic mass is 10.0. The number of carbonyl (C=O) groups is 1. The van der Waals surface area contributed by atoms with E-state index in [1.807, 2.05) is 0 Å². The number of nitrogens with zero attached hydrogens (tertiary/aromatic N) is 3. The maximum Gasteiger partial charge on any atom is 0.435 e. The number of halogens is 6. The summed E-state index contributed by atoms with van der Waals surface area (Å²) in [6.07, 6.45) is -3.67. The van der Waals surface area contributed by atoms with Gasteiger partial charge in [-0.3, -0.25) is 9.48 Å². The van der Waals surface area contributed by atoms with E-state index in [-0.39, 0.29) is 40.1 Å². The van der Waals surface area contributed by atoms with Crippen LogP contribution in [0.1, 0.15) is 35.6 Å². The van der Waals surface area contributed by atoms with Crippen LogP contribution < -0.4 is 5.43 Å². The van der Waals surface area contributed by atoms with Crippen LogP contribution in [0.3, 0.4) is 0 Å². The fourth-order valence-corrected chi connectivity index (χ4v) is 3.63. The van der Waals surface area contributed by atoms with E-state index in [4.69, 9.17) is 27.9 Å². The molecule has 0 spiro atoms. The molecule has 0 atom stereocenters. The maximum absolute atomic E-state index is 15.2. The molecule has 0 aliphatic rings. The van der Waals surface area contributed by atoms with Gasteiger partial charge < -0.3 is 9.30 Å². The minimum atomic E-state index is -4.69. The van der Waals surface area contributed by atoms with Crippen LogP contribution >= 0.6 is 23.2 Å². The van der Waals surface area contributed by atoms with Crippen LogP contribution in [-0.4, -0.2) is 26.9 Å². The molecule has 12 heteroatoms. The fourth-order valence-electron chi connectivity index (χ4n) is 3.33. The van der Waals surface area contributed by atoms with Crippen molar-refractivity contribution in [1.82, 2.24) is 14.3 Å². The van der Waals surface area contributed by atoms with Gasteiger partial charge in [-0.1, -0.05) is 29.3 Å². The van der Waals surface area contributed by atoms with Crippen molar-refractivity contribution >= 4 is 29.2 Å². The van der Waals surface area contributed by atoms with Gasteiger partial charge in [-0.25, -0.2) is 9.18 Å². The van der Waals surface area contributed by atoms with Crippen molar-refractivity contribution in [1.29, 1.82) is 0 Å². The lowest BCUT2D eigenvalue weighted by molar-refractivity contribution is -0.141. The molecule has 176 valence electrons. The molecule has 0 aliphatic heterocycles. The number of pyridine rings is 1. The Labute approximate surface area is 195 Å². The smallest absolute Gasteiger partial charge is 0.435 e. The Kier molecular flexibility index (Phi) is 7.18. The molecule has 0 saturated carbocycles. The Hall–Kier alpha value is -2.85. The Balaban J connectivity index is 2.30. The van der Waals surface area contributed by atoms with Gasteiger partial charge in [0, 0.05) is 18.3 Å². The van der Waals surface area contributed by atoms with Gasteiger partial charge >= 0.3 is 12.1 Å². The molecule has 6 nitrogen and oxygen atoms in total. The van der Waals surface area contributed by atoms with E-state index >= 15 is 4.39 Å². The summed E-state index contributed by atoms with van der Waals surface area (Å²) >= 11 is 12.1. The molecule has 0 fully saturated rings. The van der Waals surface area contributed by atoms with Gasteiger partial charge in [-0.05, 0) is 32.0 Å². The van der Waals surface area contributed by atoms with Crippen molar-refractivity contribution in [3.8, 4) is 11.3 Å². The molecule has 0 N–H and O–H groups in total. The predicted octanol–water partition coefficient (Wildman–Crippen LogP) is 5.42. The van der Waals surface area contributed by atoms with Gasteiger partial charge in [0.1, 0.15) is 5.56 Å². The molecule has 0 aliphatic carbocycles. The number of esters is 1. The van der Waals surface area contributed by atoms with Crippen molar-refractivity contribution in [2.45, 2.75) is 33.1 Å². The molecule has 2 heterocycles. The average Bonchev–Trinajstić information content (AvgIpc) is 3.22. The second-order valence-electron chi connectivity index (χ2n) is 6.80. The summed E-state index contributed by atoms with van der Waals surface area (Å²) < 4.78 is 61.1. The van der Waals surface area contributed by atoms with Crippen molar-refractivity contribution in [2.75, 3.05) is 6.61 Å². The van der Waals surface area contributed by atoms with Crippen molar-refractivity contribution in [3.05, 3.63) is 73.5 Å². The molecule has 3 aromatic rings. The van der Waals surface area contributed by atoms with Crippen LogP contribution in [0.2, 0.25) is 10.0 Å². The van der Waals surface area contributed by atoms with Gasteiger partial charge in [0.05, 0.1) is 34.6 Å². The zero-order valence-electron chi connectivity index (χ0n) is 17.3. The third kappa shape index (κ3) is 4.91. The summed E-state index contributed by atoms with van der Waals surface area (Å²) in [7, 11) is 0. The largest absolute Gasteiger partial charge is 0.462 e. The number of alkyl halides is 3. The first-order chi connectivity index (χ1) is 15.5. The van der Waals surface area contributed by atoms with Gasteiger partial charge in [0.15, 0.2) is 11.5 Å². The summed E-state index contributed by atoms with van der Waals surface area (Å²) in [5, 5.41) is 3.75. The highest BCUT2D eigenvalue weighted by Crippen LogP contribution is 2.32. The van der Waals surface area contributed by atoms with E-state index < -0.39 is 41.2 Å². The summed E-state index contributed by atoms with van der Waals surface area (Å²) in [5.41, 5.74) is -2.98. The summed E-state index contributed by atoms with van der Waals surface area (Å²) in [4.78, 5) is 25.5. The highest BCUT2D eigenvalue weighted by molar-refractivity contribution is 6.42. The van der Waals surface area contributed by atoms with E-state index in [2.05, 4.69) is 5.10 Å². The number of hydrogen-bond donors (Lipinski definition) is 0.